The zero-order valence-electron chi connectivity index (χ0n) is 10.8. The zero-order valence-corrected chi connectivity index (χ0v) is 11.6. The van der Waals surface area contributed by atoms with E-state index in [1.165, 1.54) is 0 Å². The zero-order chi connectivity index (χ0) is 15.5. The van der Waals surface area contributed by atoms with Crippen LogP contribution in [-0.4, -0.2) is 25.7 Å². The molecule has 0 fully saturated rings. The highest BCUT2D eigenvalue weighted by Crippen LogP contribution is 2.20. The summed E-state index contributed by atoms with van der Waals surface area (Å²) in [6, 6.07) is 2.18. The van der Waals surface area contributed by atoms with Gasteiger partial charge in [-0.25, -0.2) is 17.5 Å². The van der Waals surface area contributed by atoms with Crippen molar-refractivity contribution in [2.45, 2.75) is 18.7 Å². The number of nitrogens with zero attached hydrogens (tertiary/aromatic N) is 1. The number of nitro benzene ring substituents is 1. The number of benzene rings is 1. The van der Waals surface area contributed by atoms with Gasteiger partial charge in [0.1, 0.15) is 16.5 Å². The summed E-state index contributed by atoms with van der Waals surface area (Å²) in [5.41, 5.74) is -0.556. The fourth-order valence-corrected chi connectivity index (χ4v) is 2.32. The van der Waals surface area contributed by atoms with Gasteiger partial charge in [0, 0.05) is 12.0 Å². The predicted octanol–water partition coefficient (Wildman–Crippen LogP) is 1.24. The van der Waals surface area contributed by atoms with Gasteiger partial charge in [0.15, 0.2) is 0 Å². The van der Waals surface area contributed by atoms with E-state index in [4.69, 9.17) is 0 Å². The number of sulfonamides is 1. The Morgan fingerprint density at radius 2 is 2.05 bits per heavy atom. The Hall–Kier alpha value is -1.87. The van der Waals surface area contributed by atoms with Crippen LogP contribution in [-0.2, 0) is 14.8 Å². The van der Waals surface area contributed by atoms with Crippen LogP contribution in [0.5, 0.6) is 0 Å². The van der Waals surface area contributed by atoms with Gasteiger partial charge >= 0.3 is 0 Å². The van der Waals surface area contributed by atoms with E-state index in [9.17, 15) is 27.7 Å². The molecule has 0 aliphatic heterocycles. The van der Waals surface area contributed by atoms with E-state index >= 15 is 0 Å². The molecule has 1 aromatic carbocycles. The molecular weight excluding hydrogens is 291 g/mol. The number of hydrogen-bond donors (Lipinski definition) is 1. The Bertz CT molecular complexity index is 642. The van der Waals surface area contributed by atoms with Gasteiger partial charge in [-0.1, -0.05) is 13.8 Å². The van der Waals surface area contributed by atoms with Crippen molar-refractivity contribution in [1.29, 1.82) is 0 Å². The summed E-state index contributed by atoms with van der Waals surface area (Å²) in [6.45, 7) is 2.74. The number of nitrogens with one attached hydrogen (secondary N) is 1. The molecule has 0 aromatic heterocycles. The Labute approximate surface area is 115 Å². The molecule has 9 heteroatoms. The maximum absolute atomic E-state index is 13.6. The third kappa shape index (κ3) is 3.81. The van der Waals surface area contributed by atoms with Crippen LogP contribution in [0.15, 0.2) is 23.1 Å². The second-order valence-corrected chi connectivity index (χ2v) is 6.05. The maximum atomic E-state index is 13.6. The minimum atomic E-state index is -4.23. The van der Waals surface area contributed by atoms with Crippen molar-refractivity contribution in [1.82, 2.24) is 4.72 Å². The first kappa shape index (κ1) is 16.2. The number of carbonyl (C=O) groups excluding carboxylic acids is 1. The van der Waals surface area contributed by atoms with Crippen molar-refractivity contribution in [3.63, 3.8) is 0 Å². The monoisotopic (exact) mass is 304 g/mol. The average molecular weight is 304 g/mol. The first-order valence-corrected chi connectivity index (χ1v) is 7.10. The Balaban J connectivity index is 2.99. The van der Waals surface area contributed by atoms with Gasteiger partial charge in [-0.3, -0.25) is 14.9 Å². The van der Waals surface area contributed by atoms with E-state index in [2.05, 4.69) is 0 Å². The van der Waals surface area contributed by atoms with Gasteiger partial charge in [-0.15, -0.1) is 0 Å². The molecule has 110 valence electrons. The first-order chi connectivity index (χ1) is 9.15. The standard InChI is InChI=1S/C11H13FN2O5S/c1-7(2)10(15)6-13-20(18,19)11-4-3-8(14(16)17)5-9(11)12/h3-5,7,13H,6H2,1-2H3. The minimum Gasteiger partial charge on any atom is -0.298 e. The summed E-state index contributed by atoms with van der Waals surface area (Å²) < 4.78 is 39.1. The van der Waals surface area contributed by atoms with Gasteiger partial charge in [0.25, 0.3) is 5.69 Å². The van der Waals surface area contributed by atoms with Crippen molar-refractivity contribution in [3.05, 3.63) is 34.1 Å². The molecule has 0 atom stereocenters. The molecule has 0 saturated heterocycles. The number of ketones is 1. The lowest BCUT2D eigenvalue weighted by atomic mass is 10.1. The maximum Gasteiger partial charge on any atom is 0.272 e. The molecule has 1 aromatic rings. The van der Waals surface area contributed by atoms with Crippen molar-refractivity contribution in [2.24, 2.45) is 5.92 Å². The summed E-state index contributed by atoms with van der Waals surface area (Å²) in [4.78, 5) is 20.2. The number of hydrogen-bond acceptors (Lipinski definition) is 5. The third-order valence-electron chi connectivity index (χ3n) is 2.50. The number of nitro groups is 1. The van der Waals surface area contributed by atoms with Crippen LogP contribution >= 0.6 is 0 Å². The van der Waals surface area contributed by atoms with Gasteiger partial charge < -0.3 is 0 Å². The van der Waals surface area contributed by atoms with Gasteiger partial charge in [0.2, 0.25) is 10.0 Å². The van der Waals surface area contributed by atoms with Crippen LogP contribution in [0.25, 0.3) is 0 Å². The lowest BCUT2D eigenvalue weighted by molar-refractivity contribution is -0.385. The molecule has 0 amide bonds. The molecule has 1 N–H and O–H groups in total. The Kier molecular flexibility index (Phi) is 4.90. The van der Waals surface area contributed by atoms with Crippen molar-refractivity contribution in [3.8, 4) is 0 Å². The van der Waals surface area contributed by atoms with Crippen molar-refractivity contribution in [2.75, 3.05) is 6.54 Å². The lowest BCUT2D eigenvalue weighted by Crippen LogP contribution is -2.32. The molecule has 20 heavy (non-hydrogen) atoms. The van der Waals surface area contributed by atoms with Crippen LogP contribution < -0.4 is 4.72 Å². The molecule has 0 saturated carbocycles. The Morgan fingerprint density at radius 3 is 2.50 bits per heavy atom. The van der Waals surface area contributed by atoms with Gasteiger partial charge in [-0.05, 0) is 6.07 Å². The van der Waals surface area contributed by atoms with Crippen LogP contribution in [0.3, 0.4) is 0 Å². The van der Waals surface area contributed by atoms with Crippen LogP contribution in [0.2, 0.25) is 0 Å². The average Bonchev–Trinajstić information content (AvgIpc) is 2.35. The second kappa shape index (κ2) is 6.06. The minimum absolute atomic E-state index is 0.351. The molecule has 0 aliphatic rings. The third-order valence-corrected chi connectivity index (χ3v) is 3.93. The van der Waals surface area contributed by atoms with E-state index in [0.29, 0.717) is 6.07 Å². The van der Waals surface area contributed by atoms with E-state index < -0.39 is 37.9 Å². The highest BCUT2D eigenvalue weighted by molar-refractivity contribution is 7.89. The van der Waals surface area contributed by atoms with Crippen molar-refractivity contribution < 1.29 is 22.5 Å². The van der Waals surface area contributed by atoms with Crippen LogP contribution in [0.4, 0.5) is 10.1 Å². The normalized spacial score (nSPS) is 11.6. The number of Topliss-reactive ketones (excluding diaryl/α,β-unsaturated/α-hetero) is 1. The van der Waals surface area contributed by atoms with Crippen molar-refractivity contribution >= 4 is 21.5 Å². The summed E-state index contributed by atoms with van der Waals surface area (Å²) >= 11 is 0. The number of halogens is 1. The van der Waals surface area contributed by atoms with Crippen LogP contribution in [0.1, 0.15) is 13.8 Å². The molecule has 0 aliphatic carbocycles. The summed E-state index contributed by atoms with van der Waals surface area (Å²) in [5, 5.41) is 10.4. The van der Waals surface area contributed by atoms with E-state index in [1.807, 2.05) is 4.72 Å². The van der Waals surface area contributed by atoms with Gasteiger partial charge in [0.05, 0.1) is 17.5 Å². The van der Waals surface area contributed by atoms with E-state index in [1.54, 1.807) is 13.8 Å². The summed E-state index contributed by atoms with van der Waals surface area (Å²) in [7, 11) is -4.23. The van der Waals surface area contributed by atoms with Gasteiger partial charge in [-0.2, -0.15) is 0 Å². The molecule has 0 heterocycles. The van der Waals surface area contributed by atoms with E-state index in [-0.39, 0.29) is 11.7 Å². The predicted molar refractivity (Wildman–Crippen MR) is 68.1 cm³/mol. The topological polar surface area (TPSA) is 106 Å². The summed E-state index contributed by atoms with van der Waals surface area (Å²) in [5.74, 6) is -1.96. The number of carbonyl (C=O) groups is 1. The number of rotatable bonds is 6. The fraction of sp³-hybridized carbons (Fsp3) is 0.364. The smallest absolute Gasteiger partial charge is 0.272 e. The molecular formula is C11H13FN2O5S. The lowest BCUT2D eigenvalue weighted by Gasteiger charge is -2.08. The summed E-state index contributed by atoms with van der Waals surface area (Å²) in [6.07, 6.45) is 0. The van der Waals surface area contributed by atoms with E-state index in [0.717, 1.165) is 12.1 Å². The molecule has 1 rings (SSSR count). The largest absolute Gasteiger partial charge is 0.298 e. The fourth-order valence-electron chi connectivity index (χ4n) is 1.27. The molecule has 0 unspecified atom stereocenters. The molecule has 0 spiro atoms. The Morgan fingerprint density at radius 1 is 1.45 bits per heavy atom. The second-order valence-electron chi connectivity index (χ2n) is 4.32. The molecule has 0 bridgehead atoms. The van der Waals surface area contributed by atoms with Crippen LogP contribution in [0, 0.1) is 21.8 Å². The quantitative estimate of drug-likeness (QED) is 0.628. The highest BCUT2D eigenvalue weighted by Gasteiger charge is 2.22. The molecule has 7 nitrogen and oxygen atoms in total. The SMILES string of the molecule is CC(C)C(=O)CNS(=O)(=O)c1ccc([N+](=O)[O-])cc1F. The number of non-ortho nitro benzene ring substituents is 1. The first-order valence-electron chi connectivity index (χ1n) is 5.61. The highest BCUT2D eigenvalue weighted by atomic mass is 32.2. The molecule has 0 radical (unpaired) electrons.